The summed E-state index contributed by atoms with van der Waals surface area (Å²) in [5, 5.41) is 0. The molecule has 98 valence electrons. The lowest BCUT2D eigenvalue weighted by Gasteiger charge is -2.30. The number of hydrogen-bond acceptors (Lipinski definition) is 3. The van der Waals surface area contributed by atoms with Crippen LogP contribution in [0.2, 0.25) is 0 Å². The van der Waals surface area contributed by atoms with Gasteiger partial charge >= 0.3 is 11.4 Å². The van der Waals surface area contributed by atoms with E-state index >= 15 is 0 Å². The van der Waals surface area contributed by atoms with E-state index in [9.17, 15) is 4.21 Å². The van der Waals surface area contributed by atoms with Crippen LogP contribution in [-0.4, -0.2) is 10.3 Å². The van der Waals surface area contributed by atoms with Gasteiger partial charge < -0.3 is 0 Å². The zero-order chi connectivity index (χ0) is 13.3. The maximum Gasteiger partial charge on any atom is 0.306 e. The van der Waals surface area contributed by atoms with Gasteiger partial charge in [0.15, 0.2) is 5.60 Å². The Hall–Kier alpha value is -1.49. The third-order valence-corrected chi connectivity index (χ3v) is 4.24. The van der Waals surface area contributed by atoms with Gasteiger partial charge in [-0.3, -0.25) is 4.18 Å². The van der Waals surface area contributed by atoms with Gasteiger partial charge in [-0.1, -0.05) is 60.7 Å². The maximum atomic E-state index is 11.7. The van der Waals surface area contributed by atoms with Crippen LogP contribution in [-0.2, 0) is 25.3 Å². The Kier molecular flexibility index (Phi) is 3.22. The molecular weight excluding hydrogens is 260 g/mol. The fourth-order valence-electron chi connectivity index (χ4n) is 2.48. The number of rotatable bonds is 2. The van der Waals surface area contributed by atoms with Crippen LogP contribution >= 0.6 is 0 Å². The Labute approximate surface area is 115 Å². The van der Waals surface area contributed by atoms with Crippen LogP contribution in [0, 0.1) is 0 Å². The van der Waals surface area contributed by atoms with Gasteiger partial charge in [-0.05, 0) is 18.1 Å². The van der Waals surface area contributed by atoms with Gasteiger partial charge in [0.1, 0.15) is 6.10 Å². The second-order valence-corrected chi connectivity index (χ2v) is 5.26. The summed E-state index contributed by atoms with van der Waals surface area (Å²) in [5.41, 5.74) is 1.08. The average Bonchev–Trinajstić information content (AvgIpc) is 2.76. The highest BCUT2D eigenvalue weighted by atomic mass is 32.2. The molecule has 0 bridgehead atoms. The van der Waals surface area contributed by atoms with Gasteiger partial charge in [0.25, 0.3) is 0 Å². The second kappa shape index (κ2) is 4.89. The average molecular weight is 274 g/mol. The molecule has 0 aromatic heterocycles. The molecule has 0 aliphatic carbocycles. The molecule has 2 atom stereocenters. The van der Waals surface area contributed by atoms with Crippen molar-refractivity contribution in [1.29, 1.82) is 0 Å². The van der Waals surface area contributed by atoms with Crippen molar-refractivity contribution in [3.63, 3.8) is 0 Å². The van der Waals surface area contributed by atoms with Crippen LogP contribution in [0.5, 0.6) is 0 Å². The van der Waals surface area contributed by atoms with Crippen molar-refractivity contribution in [2.75, 3.05) is 0 Å². The van der Waals surface area contributed by atoms with Gasteiger partial charge in [-0.25, -0.2) is 4.18 Å². The van der Waals surface area contributed by atoms with E-state index in [1.165, 1.54) is 0 Å². The van der Waals surface area contributed by atoms with E-state index in [-0.39, 0.29) is 6.10 Å². The first-order chi connectivity index (χ1) is 9.23. The Bertz CT molecular complexity index is 543. The molecule has 2 aromatic carbocycles. The molecule has 1 aliphatic rings. The highest BCUT2D eigenvalue weighted by Crippen LogP contribution is 2.43. The van der Waals surface area contributed by atoms with Crippen molar-refractivity contribution < 1.29 is 12.6 Å². The highest BCUT2D eigenvalue weighted by Gasteiger charge is 2.50. The highest BCUT2D eigenvalue weighted by molar-refractivity contribution is 7.75. The lowest BCUT2D eigenvalue weighted by Crippen LogP contribution is -2.36. The molecule has 0 spiro atoms. The standard InChI is InChI=1S/C15H14O3S/c1-12-15(18-19(16)17-12,13-8-4-2-5-9-13)14-10-6-3-7-11-14/h2-12H,1H3/t12-,19?/m0/s1. The zero-order valence-electron chi connectivity index (χ0n) is 10.5. The lowest BCUT2D eigenvalue weighted by molar-refractivity contribution is 0.0859. The molecule has 19 heavy (non-hydrogen) atoms. The predicted molar refractivity (Wildman–Crippen MR) is 73.4 cm³/mol. The normalized spacial score (nSPS) is 25.3. The van der Waals surface area contributed by atoms with E-state index in [2.05, 4.69) is 0 Å². The minimum atomic E-state index is -1.72. The Morgan fingerprint density at radius 2 is 1.42 bits per heavy atom. The molecule has 1 unspecified atom stereocenters. The van der Waals surface area contributed by atoms with E-state index in [0.717, 1.165) is 11.1 Å². The summed E-state index contributed by atoms with van der Waals surface area (Å²) in [6.07, 6.45) is -0.321. The Balaban J connectivity index is 2.20. The Morgan fingerprint density at radius 1 is 0.947 bits per heavy atom. The van der Waals surface area contributed by atoms with E-state index in [1.54, 1.807) is 0 Å². The third kappa shape index (κ3) is 2.02. The van der Waals surface area contributed by atoms with Crippen LogP contribution in [0.25, 0.3) is 0 Å². The van der Waals surface area contributed by atoms with Crippen LogP contribution in [0.3, 0.4) is 0 Å². The molecule has 4 heteroatoms. The SMILES string of the molecule is C[C@@H]1OS(=O)OC1(c1ccccc1)c1ccccc1. The van der Waals surface area contributed by atoms with E-state index < -0.39 is 17.0 Å². The molecule has 3 nitrogen and oxygen atoms in total. The van der Waals surface area contributed by atoms with Crippen molar-refractivity contribution in [3.8, 4) is 0 Å². The summed E-state index contributed by atoms with van der Waals surface area (Å²) in [4.78, 5) is 0. The van der Waals surface area contributed by atoms with Gasteiger partial charge in [-0.15, -0.1) is 0 Å². The van der Waals surface area contributed by atoms with Gasteiger partial charge in [0, 0.05) is 0 Å². The molecule has 3 rings (SSSR count). The summed E-state index contributed by atoms with van der Waals surface area (Å²) in [6, 6.07) is 19.5. The van der Waals surface area contributed by atoms with Crippen molar-refractivity contribution in [1.82, 2.24) is 0 Å². The quantitative estimate of drug-likeness (QED) is 0.844. The molecule has 1 heterocycles. The molecule has 0 amide bonds. The van der Waals surface area contributed by atoms with Gasteiger partial charge in [0.2, 0.25) is 0 Å². The lowest BCUT2D eigenvalue weighted by atomic mass is 9.82. The maximum absolute atomic E-state index is 11.7. The molecule has 2 aromatic rings. The topological polar surface area (TPSA) is 35.5 Å². The fraction of sp³-hybridized carbons (Fsp3) is 0.200. The van der Waals surface area contributed by atoms with Gasteiger partial charge in [0.05, 0.1) is 0 Å². The second-order valence-electron chi connectivity index (χ2n) is 4.49. The first-order valence-corrected chi connectivity index (χ1v) is 7.13. The van der Waals surface area contributed by atoms with Crippen LogP contribution in [0.1, 0.15) is 18.1 Å². The smallest absolute Gasteiger partial charge is 0.262 e. The predicted octanol–water partition coefficient (Wildman–Crippen LogP) is 2.94. The molecule has 0 N–H and O–H groups in total. The molecule has 0 radical (unpaired) electrons. The summed E-state index contributed by atoms with van der Waals surface area (Å²) in [5.74, 6) is 0. The summed E-state index contributed by atoms with van der Waals surface area (Å²) >= 11 is -1.72. The summed E-state index contributed by atoms with van der Waals surface area (Å²) < 4.78 is 22.7. The minimum Gasteiger partial charge on any atom is -0.262 e. The van der Waals surface area contributed by atoms with Gasteiger partial charge in [-0.2, -0.15) is 4.21 Å². The Morgan fingerprint density at radius 3 is 1.79 bits per heavy atom. The van der Waals surface area contributed by atoms with Crippen molar-refractivity contribution in [2.24, 2.45) is 0 Å². The van der Waals surface area contributed by atoms with Crippen molar-refractivity contribution in [2.45, 2.75) is 18.6 Å². The number of hydrogen-bond donors (Lipinski definition) is 0. The van der Waals surface area contributed by atoms with Crippen LogP contribution < -0.4 is 0 Å². The van der Waals surface area contributed by atoms with Crippen molar-refractivity contribution in [3.05, 3.63) is 71.8 Å². The molecule has 1 saturated heterocycles. The minimum absolute atomic E-state index is 0.321. The van der Waals surface area contributed by atoms with E-state index in [0.29, 0.717) is 0 Å². The summed E-state index contributed by atoms with van der Waals surface area (Å²) in [6.45, 7) is 1.88. The van der Waals surface area contributed by atoms with Crippen LogP contribution in [0.4, 0.5) is 0 Å². The van der Waals surface area contributed by atoms with E-state index in [1.807, 2.05) is 67.6 Å². The largest absolute Gasteiger partial charge is 0.306 e. The molecule has 1 fully saturated rings. The number of benzene rings is 2. The monoisotopic (exact) mass is 274 g/mol. The molecule has 1 aliphatic heterocycles. The van der Waals surface area contributed by atoms with E-state index in [4.69, 9.17) is 8.37 Å². The zero-order valence-corrected chi connectivity index (χ0v) is 11.3. The van der Waals surface area contributed by atoms with Crippen LogP contribution in [0.15, 0.2) is 60.7 Å². The third-order valence-electron chi connectivity index (χ3n) is 3.40. The molecule has 0 saturated carbocycles. The van der Waals surface area contributed by atoms with Crippen molar-refractivity contribution >= 4 is 11.4 Å². The molecular formula is C15H14O3S. The first kappa shape index (κ1) is 12.5. The first-order valence-electron chi connectivity index (χ1n) is 6.13. The summed E-state index contributed by atoms with van der Waals surface area (Å²) in [7, 11) is 0. The fourth-order valence-corrected chi connectivity index (χ4v) is 3.44.